The molecule has 1 atom stereocenters. The molecule has 5 heteroatoms. The smallest absolute Gasteiger partial charge is 0.319 e. The fraction of sp³-hybridized carbons (Fsp3) is 0.462. The SMILES string of the molecule is Cc1cc(NC(=O)N[C@@H](C)CO)ccc1N(C)C. The van der Waals surface area contributed by atoms with Gasteiger partial charge in [-0.15, -0.1) is 0 Å². The van der Waals surface area contributed by atoms with Crippen LogP contribution in [0.5, 0.6) is 0 Å². The van der Waals surface area contributed by atoms with E-state index in [2.05, 4.69) is 10.6 Å². The van der Waals surface area contributed by atoms with E-state index in [-0.39, 0.29) is 18.7 Å². The van der Waals surface area contributed by atoms with Gasteiger partial charge in [0.25, 0.3) is 0 Å². The molecule has 2 amide bonds. The predicted molar refractivity (Wildman–Crippen MR) is 74.2 cm³/mol. The number of urea groups is 1. The highest BCUT2D eigenvalue weighted by atomic mass is 16.3. The summed E-state index contributed by atoms with van der Waals surface area (Å²) in [5.41, 5.74) is 2.94. The Bertz CT molecular complexity index is 419. The Balaban J connectivity index is 2.69. The van der Waals surface area contributed by atoms with Gasteiger partial charge in [-0.2, -0.15) is 0 Å². The summed E-state index contributed by atoms with van der Waals surface area (Å²) in [6, 6.07) is 5.16. The number of hydrogen-bond donors (Lipinski definition) is 3. The Morgan fingerprint density at radius 1 is 1.44 bits per heavy atom. The van der Waals surface area contributed by atoms with Gasteiger partial charge in [-0.1, -0.05) is 0 Å². The van der Waals surface area contributed by atoms with Crippen LogP contribution in [-0.2, 0) is 0 Å². The number of aryl methyl sites for hydroxylation is 1. The van der Waals surface area contributed by atoms with Crippen LogP contribution >= 0.6 is 0 Å². The van der Waals surface area contributed by atoms with E-state index in [9.17, 15) is 4.79 Å². The summed E-state index contributed by atoms with van der Waals surface area (Å²) in [6.45, 7) is 3.65. The molecule has 1 aromatic rings. The zero-order chi connectivity index (χ0) is 13.7. The molecule has 0 aliphatic heterocycles. The van der Waals surface area contributed by atoms with E-state index >= 15 is 0 Å². The number of nitrogens with one attached hydrogen (secondary N) is 2. The van der Waals surface area contributed by atoms with Crippen LogP contribution in [-0.4, -0.2) is 37.9 Å². The number of amides is 2. The number of benzene rings is 1. The van der Waals surface area contributed by atoms with Crippen LogP contribution in [0, 0.1) is 6.92 Å². The van der Waals surface area contributed by atoms with E-state index in [0.717, 1.165) is 16.9 Å². The summed E-state index contributed by atoms with van der Waals surface area (Å²) in [5.74, 6) is 0. The van der Waals surface area contributed by atoms with Crippen LogP contribution in [0.1, 0.15) is 12.5 Å². The first kappa shape index (κ1) is 14.3. The standard InChI is InChI=1S/C13H21N3O2/c1-9-7-11(5-6-12(9)16(3)4)15-13(18)14-10(2)8-17/h5-7,10,17H,8H2,1-4H3,(H2,14,15,18)/t10-/m0/s1. The lowest BCUT2D eigenvalue weighted by Crippen LogP contribution is -2.38. The summed E-state index contributed by atoms with van der Waals surface area (Å²) >= 11 is 0. The first-order valence-corrected chi connectivity index (χ1v) is 5.90. The van der Waals surface area contributed by atoms with Gasteiger partial charge in [0.15, 0.2) is 0 Å². The molecule has 0 fully saturated rings. The lowest BCUT2D eigenvalue weighted by atomic mass is 10.1. The van der Waals surface area contributed by atoms with E-state index < -0.39 is 0 Å². The highest BCUT2D eigenvalue weighted by Gasteiger charge is 2.07. The van der Waals surface area contributed by atoms with Gasteiger partial charge in [0.05, 0.1) is 12.6 Å². The summed E-state index contributed by atoms with van der Waals surface area (Å²) in [6.07, 6.45) is 0. The van der Waals surface area contributed by atoms with Gasteiger partial charge in [-0.05, 0) is 37.6 Å². The van der Waals surface area contributed by atoms with Crippen molar-refractivity contribution in [3.8, 4) is 0 Å². The van der Waals surface area contributed by atoms with Crippen molar-refractivity contribution in [1.29, 1.82) is 0 Å². The number of hydrogen-bond acceptors (Lipinski definition) is 3. The van der Waals surface area contributed by atoms with E-state index in [4.69, 9.17) is 5.11 Å². The van der Waals surface area contributed by atoms with Crippen LogP contribution < -0.4 is 15.5 Å². The van der Waals surface area contributed by atoms with Crippen molar-refractivity contribution in [2.75, 3.05) is 30.9 Å². The van der Waals surface area contributed by atoms with Crippen molar-refractivity contribution in [2.24, 2.45) is 0 Å². The van der Waals surface area contributed by atoms with Gasteiger partial charge in [0.1, 0.15) is 0 Å². The molecule has 1 aromatic carbocycles. The maximum absolute atomic E-state index is 11.6. The van der Waals surface area contributed by atoms with Crippen LogP contribution in [0.15, 0.2) is 18.2 Å². The average molecular weight is 251 g/mol. The number of carbonyl (C=O) groups is 1. The Morgan fingerprint density at radius 3 is 2.61 bits per heavy atom. The van der Waals surface area contributed by atoms with E-state index in [1.165, 1.54) is 0 Å². The van der Waals surface area contributed by atoms with Gasteiger partial charge in [0, 0.05) is 25.5 Å². The molecule has 0 spiro atoms. The van der Waals surface area contributed by atoms with Gasteiger partial charge in [-0.25, -0.2) is 4.79 Å². The number of aliphatic hydroxyl groups is 1. The summed E-state index contributed by atoms with van der Waals surface area (Å²) in [7, 11) is 3.95. The van der Waals surface area contributed by atoms with Crippen LogP contribution in [0.2, 0.25) is 0 Å². The van der Waals surface area contributed by atoms with Gasteiger partial charge in [0.2, 0.25) is 0 Å². The molecule has 0 unspecified atom stereocenters. The summed E-state index contributed by atoms with van der Waals surface area (Å²) in [4.78, 5) is 13.6. The molecule has 100 valence electrons. The van der Waals surface area contributed by atoms with Crippen molar-refractivity contribution in [3.05, 3.63) is 23.8 Å². The second kappa shape index (κ2) is 6.26. The lowest BCUT2D eigenvalue weighted by Gasteiger charge is -2.17. The lowest BCUT2D eigenvalue weighted by molar-refractivity contribution is 0.229. The molecule has 18 heavy (non-hydrogen) atoms. The van der Waals surface area contributed by atoms with Crippen LogP contribution in [0.25, 0.3) is 0 Å². The number of anilines is 2. The third-order valence-corrected chi connectivity index (χ3v) is 2.59. The molecule has 5 nitrogen and oxygen atoms in total. The van der Waals surface area contributed by atoms with Gasteiger partial charge in [-0.3, -0.25) is 0 Å². The van der Waals surface area contributed by atoms with E-state index in [1.807, 2.05) is 44.1 Å². The molecule has 0 heterocycles. The Kier molecular flexibility index (Phi) is 4.97. The summed E-state index contributed by atoms with van der Waals surface area (Å²) < 4.78 is 0. The Hall–Kier alpha value is -1.75. The number of rotatable bonds is 4. The number of nitrogens with zero attached hydrogens (tertiary/aromatic N) is 1. The van der Waals surface area contributed by atoms with Crippen molar-refractivity contribution < 1.29 is 9.90 Å². The quantitative estimate of drug-likeness (QED) is 0.761. The minimum absolute atomic E-state index is 0.0774. The Morgan fingerprint density at radius 2 is 2.11 bits per heavy atom. The molecular weight excluding hydrogens is 230 g/mol. The molecule has 0 saturated carbocycles. The van der Waals surface area contributed by atoms with Gasteiger partial charge < -0.3 is 20.6 Å². The highest BCUT2D eigenvalue weighted by molar-refractivity contribution is 5.89. The molecule has 3 N–H and O–H groups in total. The monoisotopic (exact) mass is 251 g/mol. The zero-order valence-electron chi connectivity index (χ0n) is 11.3. The van der Waals surface area contributed by atoms with E-state index in [1.54, 1.807) is 6.92 Å². The molecule has 0 aliphatic carbocycles. The highest BCUT2D eigenvalue weighted by Crippen LogP contribution is 2.21. The normalized spacial score (nSPS) is 11.8. The third kappa shape index (κ3) is 3.92. The van der Waals surface area contributed by atoms with Crippen molar-refractivity contribution >= 4 is 17.4 Å². The zero-order valence-corrected chi connectivity index (χ0v) is 11.3. The molecule has 0 aliphatic rings. The maximum Gasteiger partial charge on any atom is 0.319 e. The second-order valence-electron chi connectivity index (χ2n) is 4.58. The molecular formula is C13H21N3O2. The molecule has 0 saturated heterocycles. The fourth-order valence-electron chi connectivity index (χ4n) is 1.67. The minimum Gasteiger partial charge on any atom is -0.394 e. The fourth-order valence-corrected chi connectivity index (χ4v) is 1.67. The van der Waals surface area contributed by atoms with Crippen molar-refractivity contribution in [2.45, 2.75) is 19.9 Å². The predicted octanol–water partition coefficient (Wildman–Crippen LogP) is 1.56. The molecule has 0 radical (unpaired) electrons. The number of carbonyl (C=O) groups excluding carboxylic acids is 1. The van der Waals surface area contributed by atoms with Crippen LogP contribution in [0.3, 0.4) is 0 Å². The maximum atomic E-state index is 11.6. The van der Waals surface area contributed by atoms with Crippen LogP contribution in [0.4, 0.5) is 16.2 Å². The third-order valence-electron chi connectivity index (χ3n) is 2.59. The first-order chi connectivity index (χ1) is 8.43. The topological polar surface area (TPSA) is 64.6 Å². The number of aliphatic hydroxyl groups excluding tert-OH is 1. The largest absolute Gasteiger partial charge is 0.394 e. The molecule has 0 aromatic heterocycles. The first-order valence-electron chi connectivity index (χ1n) is 5.90. The van der Waals surface area contributed by atoms with E-state index in [0.29, 0.717) is 0 Å². The summed E-state index contributed by atoms with van der Waals surface area (Å²) in [5, 5.41) is 14.2. The van der Waals surface area contributed by atoms with Gasteiger partial charge >= 0.3 is 6.03 Å². The molecule has 1 rings (SSSR count). The van der Waals surface area contributed by atoms with Crippen molar-refractivity contribution in [1.82, 2.24) is 5.32 Å². The minimum atomic E-state index is -0.312. The second-order valence-corrected chi connectivity index (χ2v) is 4.58. The Labute approximate surface area is 108 Å². The van der Waals surface area contributed by atoms with Crippen molar-refractivity contribution in [3.63, 3.8) is 0 Å². The average Bonchev–Trinajstić information content (AvgIpc) is 2.28. The molecule has 0 bridgehead atoms.